The number of hydrogen-bond acceptors (Lipinski definition) is 2. The van der Waals surface area contributed by atoms with E-state index in [4.69, 9.17) is 0 Å². The van der Waals surface area contributed by atoms with E-state index in [-0.39, 0.29) is 17.7 Å². The summed E-state index contributed by atoms with van der Waals surface area (Å²) >= 11 is 0. The SMILES string of the molecule is CCN(CC)C(=O)[C@H](C)n1cc(C(C)=O)c2ccccc21. The number of ketones is 1. The average molecular weight is 286 g/mol. The number of benzene rings is 1. The number of para-hydroxylation sites is 1. The minimum atomic E-state index is -0.317. The minimum Gasteiger partial charge on any atom is -0.341 e. The third-order valence-corrected chi connectivity index (χ3v) is 3.97. The Hall–Kier alpha value is -2.10. The third-order valence-electron chi connectivity index (χ3n) is 3.97. The van der Waals surface area contributed by atoms with Crippen LogP contribution in [0.2, 0.25) is 0 Å². The molecule has 1 aromatic carbocycles. The van der Waals surface area contributed by atoms with Crippen molar-refractivity contribution in [3.8, 4) is 0 Å². The van der Waals surface area contributed by atoms with Gasteiger partial charge in [0.05, 0.1) is 0 Å². The number of fused-ring (bicyclic) bond motifs is 1. The summed E-state index contributed by atoms with van der Waals surface area (Å²) < 4.78 is 1.91. The van der Waals surface area contributed by atoms with Crippen LogP contribution in [0.15, 0.2) is 30.5 Å². The first kappa shape index (κ1) is 15.3. The van der Waals surface area contributed by atoms with Crippen molar-refractivity contribution < 1.29 is 9.59 Å². The predicted molar refractivity (Wildman–Crippen MR) is 84.6 cm³/mol. The lowest BCUT2D eigenvalue weighted by molar-refractivity contribution is -0.133. The highest BCUT2D eigenvalue weighted by molar-refractivity contribution is 6.07. The molecular weight excluding hydrogens is 264 g/mol. The number of aromatic nitrogens is 1. The minimum absolute atomic E-state index is 0.0208. The highest BCUT2D eigenvalue weighted by Crippen LogP contribution is 2.26. The topological polar surface area (TPSA) is 42.3 Å². The van der Waals surface area contributed by atoms with E-state index >= 15 is 0 Å². The Morgan fingerprint density at radius 1 is 1.19 bits per heavy atom. The van der Waals surface area contributed by atoms with E-state index in [0.29, 0.717) is 18.7 Å². The van der Waals surface area contributed by atoms with Gasteiger partial charge in [-0.1, -0.05) is 18.2 Å². The average Bonchev–Trinajstić information content (AvgIpc) is 2.87. The fourth-order valence-corrected chi connectivity index (χ4v) is 2.72. The van der Waals surface area contributed by atoms with Gasteiger partial charge in [0, 0.05) is 35.8 Å². The molecule has 0 saturated carbocycles. The van der Waals surface area contributed by atoms with Crippen molar-refractivity contribution in [2.75, 3.05) is 13.1 Å². The lowest BCUT2D eigenvalue weighted by Crippen LogP contribution is -2.35. The van der Waals surface area contributed by atoms with Crippen molar-refractivity contribution in [1.29, 1.82) is 0 Å². The van der Waals surface area contributed by atoms with E-state index in [2.05, 4.69) is 0 Å². The Morgan fingerprint density at radius 2 is 1.81 bits per heavy atom. The maximum absolute atomic E-state index is 12.5. The van der Waals surface area contributed by atoms with Gasteiger partial charge in [-0.25, -0.2) is 0 Å². The molecule has 0 saturated heterocycles. The molecule has 0 spiro atoms. The van der Waals surface area contributed by atoms with Crippen LogP contribution in [0.1, 0.15) is 44.1 Å². The smallest absolute Gasteiger partial charge is 0.245 e. The molecule has 4 nitrogen and oxygen atoms in total. The summed E-state index contributed by atoms with van der Waals surface area (Å²) in [6.45, 7) is 8.78. The molecular formula is C17H22N2O2. The molecule has 0 aliphatic rings. The van der Waals surface area contributed by atoms with E-state index in [0.717, 1.165) is 10.9 Å². The molecule has 2 aromatic rings. The van der Waals surface area contributed by atoms with Crippen molar-refractivity contribution in [3.05, 3.63) is 36.0 Å². The maximum atomic E-state index is 12.5. The van der Waals surface area contributed by atoms with Crippen LogP contribution in [0.4, 0.5) is 0 Å². The van der Waals surface area contributed by atoms with Crippen LogP contribution in [0.25, 0.3) is 10.9 Å². The van der Waals surface area contributed by atoms with Crippen molar-refractivity contribution in [1.82, 2.24) is 9.47 Å². The molecule has 2 rings (SSSR count). The highest BCUT2D eigenvalue weighted by atomic mass is 16.2. The van der Waals surface area contributed by atoms with Gasteiger partial charge in [-0.05, 0) is 33.8 Å². The van der Waals surface area contributed by atoms with Crippen LogP contribution in [-0.2, 0) is 4.79 Å². The number of amides is 1. The first-order valence-corrected chi connectivity index (χ1v) is 7.40. The second-order valence-electron chi connectivity index (χ2n) is 5.21. The second-order valence-corrected chi connectivity index (χ2v) is 5.21. The summed E-state index contributed by atoms with van der Waals surface area (Å²) in [5.41, 5.74) is 1.60. The van der Waals surface area contributed by atoms with Gasteiger partial charge < -0.3 is 9.47 Å². The number of rotatable bonds is 5. The standard InChI is InChI=1S/C17H22N2O2/c1-5-18(6-2)17(21)12(3)19-11-15(13(4)20)14-9-7-8-10-16(14)19/h7-12H,5-6H2,1-4H3/t12-/m0/s1. The predicted octanol–water partition coefficient (Wildman–Crippen LogP) is 3.27. The molecule has 0 unspecified atom stereocenters. The number of Topliss-reactive ketones (excluding diaryl/α,β-unsaturated/α-hetero) is 1. The Kier molecular flexibility index (Phi) is 4.46. The molecule has 0 bridgehead atoms. The Bertz CT molecular complexity index is 668. The van der Waals surface area contributed by atoms with E-state index < -0.39 is 0 Å². The molecule has 0 radical (unpaired) electrons. The van der Waals surface area contributed by atoms with E-state index in [1.165, 1.54) is 0 Å². The largest absolute Gasteiger partial charge is 0.341 e. The monoisotopic (exact) mass is 286 g/mol. The van der Waals surface area contributed by atoms with Crippen LogP contribution in [-0.4, -0.2) is 34.2 Å². The number of likely N-dealkylation sites (N-methyl/N-ethyl adjacent to an activating group) is 1. The molecule has 0 fully saturated rings. The summed E-state index contributed by atoms with van der Waals surface area (Å²) in [5, 5.41) is 0.907. The van der Waals surface area contributed by atoms with Gasteiger partial charge >= 0.3 is 0 Å². The van der Waals surface area contributed by atoms with Crippen molar-refractivity contribution >= 4 is 22.6 Å². The van der Waals surface area contributed by atoms with Gasteiger partial charge in [0.15, 0.2) is 5.78 Å². The van der Waals surface area contributed by atoms with Crippen LogP contribution in [0.3, 0.4) is 0 Å². The lowest BCUT2D eigenvalue weighted by atomic mass is 10.1. The summed E-state index contributed by atoms with van der Waals surface area (Å²) in [6, 6.07) is 7.40. The third kappa shape index (κ3) is 2.71. The first-order chi connectivity index (χ1) is 10.0. The zero-order chi connectivity index (χ0) is 15.6. The van der Waals surface area contributed by atoms with Crippen molar-refractivity contribution in [2.45, 2.75) is 33.7 Å². The van der Waals surface area contributed by atoms with Gasteiger partial charge in [0.2, 0.25) is 5.91 Å². The molecule has 0 aliphatic heterocycles. The van der Waals surface area contributed by atoms with Gasteiger partial charge in [0.1, 0.15) is 6.04 Å². The summed E-state index contributed by atoms with van der Waals surface area (Å²) in [4.78, 5) is 26.2. The van der Waals surface area contributed by atoms with E-state index in [1.807, 2.05) is 54.5 Å². The summed E-state index contributed by atoms with van der Waals surface area (Å²) in [5.74, 6) is 0.100. The fourth-order valence-electron chi connectivity index (χ4n) is 2.72. The molecule has 0 N–H and O–H groups in total. The van der Waals surface area contributed by atoms with E-state index in [1.54, 1.807) is 13.1 Å². The number of carbonyl (C=O) groups is 2. The van der Waals surface area contributed by atoms with Crippen LogP contribution >= 0.6 is 0 Å². The lowest BCUT2D eigenvalue weighted by Gasteiger charge is -2.24. The summed E-state index contributed by atoms with van der Waals surface area (Å²) in [6.07, 6.45) is 1.80. The Balaban J connectivity index is 2.51. The zero-order valence-electron chi connectivity index (χ0n) is 13.1. The normalized spacial score (nSPS) is 12.4. The quantitative estimate of drug-likeness (QED) is 0.792. The Morgan fingerprint density at radius 3 is 2.38 bits per heavy atom. The molecule has 1 atom stereocenters. The molecule has 1 aromatic heterocycles. The summed E-state index contributed by atoms with van der Waals surface area (Å²) in [7, 11) is 0. The number of carbonyl (C=O) groups excluding carboxylic acids is 2. The van der Waals surface area contributed by atoms with Crippen molar-refractivity contribution in [2.24, 2.45) is 0 Å². The maximum Gasteiger partial charge on any atom is 0.245 e. The van der Waals surface area contributed by atoms with E-state index in [9.17, 15) is 9.59 Å². The van der Waals surface area contributed by atoms with Gasteiger partial charge in [-0.2, -0.15) is 0 Å². The molecule has 1 amide bonds. The molecule has 1 heterocycles. The Labute approximate surface area is 125 Å². The molecule has 21 heavy (non-hydrogen) atoms. The number of hydrogen-bond donors (Lipinski definition) is 0. The number of nitrogens with zero attached hydrogens (tertiary/aromatic N) is 2. The second kappa shape index (κ2) is 6.12. The van der Waals surface area contributed by atoms with Crippen LogP contribution in [0.5, 0.6) is 0 Å². The van der Waals surface area contributed by atoms with Crippen molar-refractivity contribution in [3.63, 3.8) is 0 Å². The molecule has 112 valence electrons. The van der Waals surface area contributed by atoms with Gasteiger partial charge in [0.25, 0.3) is 0 Å². The fraction of sp³-hybridized carbons (Fsp3) is 0.412. The van der Waals surface area contributed by atoms with Gasteiger partial charge in [-0.3, -0.25) is 9.59 Å². The van der Waals surface area contributed by atoms with Crippen LogP contribution in [0, 0.1) is 0 Å². The van der Waals surface area contributed by atoms with Crippen LogP contribution < -0.4 is 0 Å². The molecule has 0 aliphatic carbocycles. The molecule has 4 heteroatoms. The highest BCUT2D eigenvalue weighted by Gasteiger charge is 2.22. The zero-order valence-corrected chi connectivity index (χ0v) is 13.1. The van der Waals surface area contributed by atoms with Gasteiger partial charge in [-0.15, -0.1) is 0 Å². The first-order valence-electron chi connectivity index (χ1n) is 7.40.